The van der Waals surface area contributed by atoms with Crippen LogP contribution in [0.25, 0.3) is 22.8 Å². The molecule has 1 aromatic carbocycles. The van der Waals surface area contributed by atoms with Crippen LogP contribution in [0.2, 0.25) is 5.15 Å². The first kappa shape index (κ1) is 25.4. The second-order valence-corrected chi connectivity index (χ2v) is 8.36. The van der Waals surface area contributed by atoms with Crippen molar-refractivity contribution in [1.82, 2.24) is 20.4 Å². The molecule has 3 aromatic rings. The lowest BCUT2D eigenvalue weighted by Gasteiger charge is -2.16. The molecule has 0 radical (unpaired) electrons. The minimum absolute atomic E-state index is 0.0237. The molecule has 0 unspecified atom stereocenters. The van der Waals surface area contributed by atoms with Crippen LogP contribution < -0.4 is 14.8 Å². The number of ether oxygens (including phenoxy) is 2. The van der Waals surface area contributed by atoms with Crippen LogP contribution in [0.1, 0.15) is 25.0 Å². The molecule has 2 heterocycles. The summed E-state index contributed by atoms with van der Waals surface area (Å²) in [7, 11) is 0. The Morgan fingerprint density at radius 1 is 1.15 bits per heavy atom. The zero-order valence-corrected chi connectivity index (χ0v) is 20.1. The number of aliphatic hydroxyl groups is 2. The van der Waals surface area contributed by atoms with Crippen molar-refractivity contribution in [1.29, 1.82) is 0 Å². The van der Waals surface area contributed by atoms with Gasteiger partial charge in [0.1, 0.15) is 30.2 Å². The summed E-state index contributed by atoms with van der Waals surface area (Å²) in [5.74, 6) is 1.07. The maximum atomic E-state index is 11.1. The summed E-state index contributed by atoms with van der Waals surface area (Å²) < 4.78 is 16.8. The van der Waals surface area contributed by atoms with E-state index in [1.807, 2.05) is 39.8 Å². The molecule has 0 aliphatic carbocycles. The second kappa shape index (κ2) is 11.3. The molecule has 0 spiro atoms. The highest BCUT2D eigenvalue weighted by Crippen LogP contribution is 2.31. The Labute approximate surface area is 201 Å². The molecule has 0 saturated carbocycles. The smallest absolute Gasteiger partial charge is 0.258 e. The minimum Gasteiger partial charge on any atom is -0.490 e. The average Bonchev–Trinajstić information content (AvgIpc) is 3.26. The van der Waals surface area contributed by atoms with Gasteiger partial charge in [0.25, 0.3) is 5.89 Å². The van der Waals surface area contributed by atoms with E-state index in [0.29, 0.717) is 23.0 Å². The van der Waals surface area contributed by atoms with Gasteiger partial charge in [-0.05, 0) is 57.0 Å². The number of nitrogens with one attached hydrogen (secondary N) is 1. The highest BCUT2D eigenvalue weighted by atomic mass is 35.5. The van der Waals surface area contributed by atoms with Gasteiger partial charge in [-0.3, -0.25) is 4.79 Å². The van der Waals surface area contributed by atoms with Crippen LogP contribution in [0.15, 0.2) is 28.8 Å². The molecule has 182 valence electrons. The monoisotopic (exact) mass is 490 g/mol. The van der Waals surface area contributed by atoms with Crippen molar-refractivity contribution in [3.05, 3.63) is 40.5 Å². The minimum atomic E-state index is -0.925. The summed E-state index contributed by atoms with van der Waals surface area (Å²) in [5, 5.41) is 25.4. The summed E-state index contributed by atoms with van der Waals surface area (Å²) in [6.45, 7) is 6.83. The molecular formula is C23H27ClN4O6. The number of benzene rings is 1. The molecule has 3 rings (SSSR count). The van der Waals surface area contributed by atoms with E-state index in [9.17, 15) is 9.90 Å². The van der Waals surface area contributed by atoms with Crippen molar-refractivity contribution < 1.29 is 29.0 Å². The fourth-order valence-electron chi connectivity index (χ4n) is 3.19. The van der Waals surface area contributed by atoms with Gasteiger partial charge in [-0.2, -0.15) is 4.98 Å². The topological polar surface area (TPSA) is 140 Å². The van der Waals surface area contributed by atoms with E-state index in [4.69, 9.17) is 30.7 Å². The van der Waals surface area contributed by atoms with Gasteiger partial charge in [-0.1, -0.05) is 16.8 Å². The van der Waals surface area contributed by atoms with Crippen LogP contribution in [0.5, 0.6) is 11.6 Å². The Balaban J connectivity index is 1.75. The predicted molar refractivity (Wildman–Crippen MR) is 125 cm³/mol. The first-order chi connectivity index (χ1) is 16.2. The van der Waals surface area contributed by atoms with Crippen LogP contribution in [-0.2, 0) is 4.79 Å². The Kier molecular flexibility index (Phi) is 8.43. The van der Waals surface area contributed by atoms with E-state index in [1.165, 1.54) is 0 Å². The molecule has 0 aliphatic heterocycles. The maximum absolute atomic E-state index is 11.1. The molecule has 10 nitrogen and oxygen atoms in total. The van der Waals surface area contributed by atoms with Crippen molar-refractivity contribution in [3.8, 4) is 34.5 Å². The van der Waals surface area contributed by atoms with Crippen molar-refractivity contribution in [2.75, 3.05) is 19.8 Å². The molecular weight excluding hydrogens is 464 g/mol. The quantitative estimate of drug-likeness (QED) is 0.366. The number of rotatable bonds is 10. The summed E-state index contributed by atoms with van der Waals surface area (Å²) >= 11 is 6.12. The second-order valence-electron chi connectivity index (χ2n) is 7.97. The van der Waals surface area contributed by atoms with Crippen molar-refractivity contribution >= 4 is 17.5 Å². The van der Waals surface area contributed by atoms with Crippen LogP contribution in [-0.4, -0.2) is 63.2 Å². The average molecular weight is 491 g/mol. The lowest BCUT2D eigenvalue weighted by Crippen LogP contribution is -2.36. The number of carbonyl (C=O) groups is 1. The van der Waals surface area contributed by atoms with E-state index < -0.39 is 18.6 Å². The number of aliphatic hydroxyl groups excluding tert-OH is 2. The molecule has 3 N–H and O–H groups in total. The third-order valence-corrected chi connectivity index (χ3v) is 4.81. The number of hydrogen-bond donors (Lipinski definition) is 3. The Morgan fingerprint density at radius 3 is 2.50 bits per heavy atom. The molecule has 2 aromatic heterocycles. The van der Waals surface area contributed by atoms with Crippen molar-refractivity contribution in [2.45, 2.75) is 39.9 Å². The lowest BCUT2D eigenvalue weighted by molar-refractivity contribution is -0.124. The van der Waals surface area contributed by atoms with E-state index in [-0.39, 0.29) is 30.3 Å². The SMILES string of the molecule is Cc1cc(-c2noc(-c3cc(Cl)nc(OC(C)C)c3)n2)cc(C)c1OC[C@@H](O)CNC(=O)CO. The number of nitrogens with zero attached hydrogens (tertiary/aromatic N) is 3. The van der Waals surface area contributed by atoms with Gasteiger partial charge < -0.3 is 29.5 Å². The maximum Gasteiger partial charge on any atom is 0.258 e. The predicted octanol–water partition coefficient (Wildman–Crippen LogP) is 2.70. The van der Waals surface area contributed by atoms with Gasteiger partial charge in [0.2, 0.25) is 17.6 Å². The van der Waals surface area contributed by atoms with Crippen LogP contribution >= 0.6 is 11.6 Å². The number of aromatic nitrogens is 3. The third-order valence-electron chi connectivity index (χ3n) is 4.62. The molecule has 0 bridgehead atoms. The number of carbonyl (C=O) groups excluding carboxylic acids is 1. The van der Waals surface area contributed by atoms with Crippen molar-refractivity contribution in [2.24, 2.45) is 0 Å². The largest absolute Gasteiger partial charge is 0.490 e. The Bertz CT molecular complexity index is 1130. The lowest BCUT2D eigenvalue weighted by atomic mass is 10.1. The third kappa shape index (κ3) is 6.66. The Morgan fingerprint density at radius 2 is 1.85 bits per heavy atom. The molecule has 34 heavy (non-hydrogen) atoms. The number of aryl methyl sites for hydroxylation is 2. The number of pyridine rings is 1. The normalized spacial score (nSPS) is 12.0. The highest BCUT2D eigenvalue weighted by molar-refractivity contribution is 6.29. The van der Waals surface area contributed by atoms with Gasteiger partial charge in [-0.25, -0.2) is 4.98 Å². The standard InChI is InChI=1S/C23H27ClN4O6/c1-12(2)33-20-8-16(7-18(24)26-20)23-27-22(28-34-23)15-5-13(3)21(14(4)6-15)32-11-17(30)9-25-19(31)10-29/h5-8,12,17,29-30H,9-11H2,1-4H3,(H,25,31)/t17-/m0/s1. The molecule has 11 heteroatoms. The summed E-state index contributed by atoms with van der Waals surface area (Å²) in [6, 6.07) is 7.01. The van der Waals surface area contributed by atoms with E-state index >= 15 is 0 Å². The summed E-state index contributed by atoms with van der Waals surface area (Å²) in [6.07, 6.45) is -0.991. The van der Waals surface area contributed by atoms with Gasteiger partial charge in [-0.15, -0.1) is 0 Å². The van der Waals surface area contributed by atoms with Crippen LogP contribution in [0.3, 0.4) is 0 Å². The van der Waals surface area contributed by atoms with Gasteiger partial charge >= 0.3 is 0 Å². The van der Waals surface area contributed by atoms with E-state index in [2.05, 4.69) is 20.4 Å². The first-order valence-corrected chi connectivity index (χ1v) is 11.0. The van der Waals surface area contributed by atoms with Gasteiger partial charge in [0.05, 0.1) is 6.10 Å². The zero-order chi connectivity index (χ0) is 24.8. The summed E-state index contributed by atoms with van der Waals surface area (Å²) in [4.78, 5) is 19.7. The van der Waals surface area contributed by atoms with Gasteiger partial charge in [0.15, 0.2) is 0 Å². The van der Waals surface area contributed by atoms with Crippen LogP contribution in [0.4, 0.5) is 0 Å². The fraction of sp³-hybridized carbons (Fsp3) is 0.391. The number of halogens is 1. The molecule has 0 fully saturated rings. The first-order valence-electron chi connectivity index (χ1n) is 10.6. The molecule has 1 amide bonds. The Hall–Kier alpha value is -3.21. The van der Waals surface area contributed by atoms with Crippen molar-refractivity contribution in [3.63, 3.8) is 0 Å². The number of amides is 1. The highest BCUT2D eigenvalue weighted by Gasteiger charge is 2.17. The van der Waals surface area contributed by atoms with Crippen LogP contribution in [0, 0.1) is 13.8 Å². The van der Waals surface area contributed by atoms with E-state index in [1.54, 1.807) is 12.1 Å². The summed E-state index contributed by atoms with van der Waals surface area (Å²) in [5.41, 5.74) is 2.94. The molecule has 1 atom stereocenters. The fourth-order valence-corrected chi connectivity index (χ4v) is 3.39. The molecule has 0 aliphatic rings. The van der Waals surface area contributed by atoms with E-state index in [0.717, 1.165) is 16.7 Å². The zero-order valence-electron chi connectivity index (χ0n) is 19.3. The van der Waals surface area contributed by atoms with Gasteiger partial charge in [0, 0.05) is 23.7 Å². The number of hydrogen-bond acceptors (Lipinski definition) is 9. The molecule has 0 saturated heterocycles.